The molecule has 0 saturated heterocycles. The first-order valence-corrected chi connectivity index (χ1v) is 10.3. The van der Waals surface area contributed by atoms with E-state index >= 15 is 0 Å². The van der Waals surface area contributed by atoms with Crippen molar-refractivity contribution in [3.63, 3.8) is 0 Å². The van der Waals surface area contributed by atoms with Gasteiger partial charge in [-0.3, -0.25) is 0 Å². The van der Waals surface area contributed by atoms with E-state index in [-0.39, 0.29) is 5.82 Å². The summed E-state index contributed by atoms with van der Waals surface area (Å²) in [6, 6.07) is 11.4. The average Bonchev–Trinajstić information content (AvgIpc) is 3.06. The van der Waals surface area contributed by atoms with Gasteiger partial charge in [-0.25, -0.2) is 14.1 Å². The minimum absolute atomic E-state index is 0.270. The summed E-state index contributed by atoms with van der Waals surface area (Å²) in [6.45, 7) is 1.38. The van der Waals surface area contributed by atoms with Crippen molar-refractivity contribution in [2.24, 2.45) is 0 Å². The molecule has 160 valence electrons. The number of fused-ring (bicyclic) bond motifs is 1. The van der Waals surface area contributed by atoms with Crippen LogP contribution in [-0.4, -0.2) is 51.8 Å². The lowest BCUT2D eigenvalue weighted by Crippen LogP contribution is -2.21. The number of nitrogens with two attached hydrogens (primary N) is 1. The zero-order chi connectivity index (χ0) is 22.1. The van der Waals surface area contributed by atoms with Crippen LogP contribution in [0, 0.1) is 5.82 Å². The summed E-state index contributed by atoms with van der Waals surface area (Å²) >= 11 is 12.2. The van der Waals surface area contributed by atoms with Crippen LogP contribution in [0.15, 0.2) is 42.5 Å². The Labute approximate surface area is 188 Å². The van der Waals surface area contributed by atoms with Crippen LogP contribution < -0.4 is 11.1 Å². The lowest BCUT2D eigenvalue weighted by Gasteiger charge is -2.11. The zero-order valence-corrected chi connectivity index (χ0v) is 18.4. The zero-order valence-electron chi connectivity index (χ0n) is 16.9. The van der Waals surface area contributed by atoms with E-state index in [4.69, 9.17) is 28.9 Å². The van der Waals surface area contributed by atoms with Crippen LogP contribution in [-0.2, 0) is 0 Å². The lowest BCUT2D eigenvalue weighted by atomic mass is 10.1. The Morgan fingerprint density at radius 1 is 1.10 bits per heavy atom. The summed E-state index contributed by atoms with van der Waals surface area (Å²) in [4.78, 5) is 11.1. The summed E-state index contributed by atoms with van der Waals surface area (Å²) in [7, 11) is 3.94. The molecule has 4 rings (SSSR count). The molecule has 0 fully saturated rings. The first-order chi connectivity index (χ1) is 14.8. The molecule has 0 aliphatic carbocycles. The Bertz CT molecular complexity index is 1260. The molecule has 4 aromatic rings. The van der Waals surface area contributed by atoms with Gasteiger partial charge in [0.15, 0.2) is 5.65 Å². The number of halogens is 3. The van der Waals surface area contributed by atoms with Gasteiger partial charge in [-0.2, -0.15) is 4.98 Å². The highest BCUT2D eigenvalue weighted by molar-refractivity contribution is 6.42. The molecular formula is C21H20Cl2FN7. The van der Waals surface area contributed by atoms with Crippen LogP contribution >= 0.6 is 23.2 Å². The maximum atomic E-state index is 14.7. The second-order valence-electron chi connectivity index (χ2n) is 7.20. The van der Waals surface area contributed by atoms with Gasteiger partial charge in [0.1, 0.15) is 11.6 Å². The number of hydrogen-bond donors (Lipinski definition) is 2. The van der Waals surface area contributed by atoms with Crippen molar-refractivity contribution >= 4 is 46.0 Å². The number of hydrogen-bond acceptors (Lipinski definition) is 6. The van der Waals surface area contributed by atoms with Gasteiger partial charge in [0, 0.05) is 18.7 Å². The third-order valence-electron chi connectivity index (χ3n) is 4.69. The standard InChI is InChI=1S/C21H20Cl2FN7/c1-30(2)10-9-26-21-27-18(13-5-3-4-6-16(13)24)17-19(25)31(29-20(17)28-21)12-7-8-14(22)15(23)11-12/h3-8,11H,9-10,25H2,1-2H3,(H,26,28,29). The summed E-state index contributed by atoms with van der Waals surface area (Å²) in [5, 5.41) is 8.94. The number of nitrogen functional groups attached to an aromatic ring is 1. The second-order valence-corrected chi connectivity index (χ2v) is 8.01. The molecule has 0 aliphatic heterocycles. The molecule has 2 heterocycles. The maximum Gasteiger partial charge on any atom is 0.225 e. The van der Waals surface area contributed by atoms with Gasteiger partial charge in [0.25, 0.3) is 0 Å². The van der Waals surface area contributed by atoms with Crippen LogP contribution in [0.1, 0.15) is 0 Å². The van der Waals surface area contributed by atoms with Crippen molar-refractivity contribution in [1.82, 2.24) is 24.6 Å². The topological polar surface area (TPSA) is 84.9 Å². The molecule has 3 N–H and O–H groups in total. The van der Waals surface area contributed by atoms with E-state index in [1.165, 1.54) is 10.7 Å². The van der Waals surface area contributed by atoms with Gasteiger partial charge in [-0.1, -0.05) is 35.3 Å². The van der Waals surface area contributed by atoms with E-state index in [0.29, 0.717) is 50.5 Å². The minimum atomic E-state index is -0.413. The van der Waals surface area contributed by atoms with Crippen molar-refractivity contribution in [2.45, 2.75) is 0 Å². The average molecular weight is 460 g/mol. The van der Waals surface area contributed by atoms with Crippen LogP contribution in [0.5, 0.6) is 0 Å². The summed E-state index contributed by atoms with van der Waals surface area (Å²) < 4.78 is 16.2. The molecule has 0 radical (unpaired) electrons. The van der Waals surface area contributed by atoms with Gasteiger partial charge < -0.3 is 16.0 Å². The van der Waals surface area contributed by atoms with Crippen LogP contribution in [0.25, 0.3) is 28.0 Å². The predicted molar refractivity (Wildman–Crippen MR) is 124 cm³/mol. The molecule has 0 amide bonds. The lowest BCUT2D eigenvalue weighted by molar-refractivity contribution is 0.425. The van der Waals surface area contributed by atoms with E-state index in [1.807, 2.05) is 19.0 Å². The van der Waals surface area contributed by atoms with E-state index in [1.54, 1.807) is 36.4 Å². The molecule has 2 aromatic carbocycles. The van der Waals surface area contributed by atoms with Gasteiger partial charge >= 0.3 is 0 Å². The van der Waals surface area contributed by atoms with Crippen LogP contribution in [0.4, 0.5) is 16.2 Å². The number of likely N-dealkylation sites (N-methyl/N-ethyl adjacent to an activating group) is 1. The third kappa shape index (κ3) is 4.27. The number of aromatic nitrogens is 4. The first kappa shape index (κ1) is 21.3. The van der Waals surface area contributed by atoms with Crippen molar-refractivity contribution < 1.29 is 4.39 Å². The number of benzene rings is 2. The first-order valence-electron chi connectivity index (χ1n) is 9.50. The van der Waals surface area contributed by atoms with E-state index in [0.717, 1.165) is 6.54 Å². The summed E-state index contributed by atoms with van der Waals surface area (Å²) in [6.07, 6.45) is 0. The highest BCUT2D eigenvalue weighted by Crippen LogP contribution is 2.34. The fourth-order valence-electron chi connectivity index (χ4n) is 3.14. The number of nitrogens with zero attached hydrogens (tertiary/aromatic N) is 5. The Morgan fingerprint density at radius 2 is 1.87 bits per heavy atom. The predicted octanol–water partition coefficient (Wildman–Crippen LogP) is 4.48. The highest BCUT2D eigenvalue weighted by atomic mass is 35.5. The fourth-order valence-corrected chi connectivity index (χ4v) is 3.44. The van der Waals surface area contributed by atoms with Crippen molar-refractivity contribution in [1.29, 1.82) is 0 Å². The van der Waals surface area contributed by atoms with Crippen molar-refractivity contribution in [2.75, 3.05) is 38.2 Å². The molecule has 0 spiro atoms. The Balaban J connectivity index is 1.90. The van der Waals surface area contributed by atoms with Gasteiger partial charge in [-0.15, -0.1) is 5.10 Å². The van der Waals surface area contributed by atoms with Crippen LogP contribution in [0.3, 0.4) is 0 Å². The van der Waals surface area contributed by atoms with Gasteiger partial charge in [-0.05, 0) is 44.4 Å². The summed E-state index contributed by atoms with van der Waals surface area (Å²) in [5.41, 5.74) is 8.04. The minimum Gasteiger partial charge on any atom is -0.383 e. The largest absolute Gasteiger partial charge is 0.383 e. The molecule has 0 atom stereocenters. The van der Waals surface area contributed by atoms with E-state index in [9.17, 15) is 4.39 Å². The molecule has 7 nitrogen and oxygen atoms in total. The van der Waals surface area contributed by atoms with Gasteiger partial charge in [0.2, 0.25) is 5.95 Å². The molecule has 2 aromatic heterocycles. The second kappa shape index (κ2) is 8.66. The number of anilines is 2. The van der Waals surface area contributed by atoms with Crippen molar-refractivity contribution in [3.8, 4) is 16.9 Å². The molecule has 0 aliphatic rings. The van der Waals surface area contributed by atoms with Crippen molar-refractivity contribution in [3.05, 3.63) is 58.3 Å². The Morgan fingerprint density at radius 3 is 2.58 bits per heavy atom. The SMILES string of the molecule is CN(C)CCNc1nc(-c2ccccc2F)c2c(N)n(-c3ccc(Cl)c(Cl)c3)nc2n1. The van der Waals surface area contributed by atoms with E-state index < -0.39 is 5.82 Å². The molecule has 0 unspecified atom stereocenters. The molecule has 31 heavy (non-hydrogen) atoms. The monoisotopic (exact) mass is 459 g/mol. The number of rotatable bonds is 6. The third-order valence-corrected chi connectivity index (χ3v) is 5.43. The normalized spacial score (nSPS) is 11.4. The highest BCUT2D eigenvalue weighted by Gasteiger charge is 2.21. The molecular weight excluding hydrogens is 440 g/mol. The molecule has 10 heteroatoms. The Hall–Kier alpha value is -2.94. The smallest absolute Gasteiger partial charge is 0.225 e. The fraction of sp³-hybridized carbons (Fsp3) is 0.190. The number of nitrogens with one attached hydrogen (secondary N) is 1. The molecule has 0 saturated carbocycles. The maximum absolute atomic E-state index is 14.7. The Kier molecular flexibility index (Phi) is 5.95. The quantitative estimate of drug-likeness (QED) is 0.441. The van der Waals surface area contributed by atoms with E-state index in [2.05, 4.69) is 20.4 Å². The summed E-state index contributed by atoms with van der Waals surface area (Å²) in [5.74, 6) is 0.196. The molecule has 0 bridgehead atoms. The van der Waals surface area contributed by atoms with Gasteiger partial charge in [0.05, 0.1) is 26.8 Å². The van der Waals surface area contributed by atoms with Crippen LogP contribution in [0.2, 0.25) is 10.0 Å².